The van der Waals surface area contributed by atoms with E-state index >= 15 is 0 Å². The van der Waals surface area contributed by atoms with E-state index in [1.54, 1.807) is 12.3 Å². The summed E-state index contributed by atoms with van der Waals surface area (Å²) in [4.78, 5) is 3.96. The van der Waals surface area contributed by atoms with Gasteiger partial charge in [-0.05, 0) is 11.1 Å². The van der Waals surface area contributed by atoms with Crippen LogP contribution in [0, 0.1) is 0 Å². The molecule has 1 aromatic heterocycles. The Morgan fingerprint density at radius 3 is 2.83 bits per heavy atom. The molecule has 0 fully saturated rings. The minimum atomic E-state index is -0.0363. The first-order valence-electron chi connectivity index (χ1n) is 3.64. The van der Waals surface area contributed by atoms with Crippen molar-refractivity contribution in [2.24, 2.45) is 5.73 Å². The summed E-state index contributed by atoms with van der Waals surface area (Å²) in [7, 11) is 1.53. The normalized spacial score (nSPS) is 9.92. The molecule has 4 heteroatoms. The lowest BCUT2D eigenvalue weighted by Crippen LogP contribution is -2.03. The SMILES string of the molecule is COc1cc(CO)c(CN)cn1. The molecule has 0 aliphatic heterocycles. The van der Waals surface area contributed by atoms with Crippen molar-refractivity contribution >= 4 is 0 Å². The highest BCUT2D eigenvalue weighted by molar-refractivity contribution is 5.28. The molecule has 3 N–H and O–H groups in total. The van der Waals surface area contributed by atoms with Crippen LogP contribution in [0.1, 0.15) is 11.1 Å². The number of nitrogens with two attached hydrogens (primary N) is 1. The maximum Gasteiger partial charge on any atom is 0.213 e. The van der Waals surface area contributed by atoms with E-state index in [4.69, 9.17) is 15.6 Å². The fourth-order valence-electron chi connectivity index (χ4n) is 0.946. The van der Waals surface area contributed by atoms with Crippen molar-refractivity contribution in [3.05, 3.63) is 23.4 Å². The van der Waals surface area contributed by atoms with E-state index in [1.165, 1.54) is 7.11 Å². The van der Waals surface area contributed by atoms with Crippen molar-refractivity contribution in [1.82, 2.24) is 4.98 Å². The molecule has 1 rings (SSSR count). The Morgan fingerprint density at radius 1 is 1.58 bits per heavy atom. The fraction of sp³-hybridized carbons (Fsp3) is 0.375. The summed E-state index contributed by atoms with van der Waals surface area (Å²) in [5.41, 5.74) is 7.04. The zero-order valence-corrected chi connectivity index (χ0v) is 6.95. The number of hydrogen-bond donors (Lipinski definition) is 2. The Kier molecular flexibility index (Phi) is 3.01. The van der Waals surface area contributed by atoms with Gasteiger partial charge in [0.05, 0.1) is 13.7 Å². The zero-order chi connectivity index (χ0) is 8.97. The van der Waals surface area contributed by atoms with Crippen LogP contribution in [-0.2, 0) is 13.2 Å². The highest BCUT2D eigenvalue weighted by Crippen LogP contribution is 2.13. The van der Waals surface area contributed by atoms with Crippen LogP contribution in [0.3, 0.4) is 0 Å². The molecule has 0 unspecified atom stereocenters. The van der Waals surface area contributed by atoms with E-state index in [2.05, 4.69) is 4.98 Å². The zero-order valence-electron chi connectivity index (χ0n) is 6.95. The number of hydrogen-bond acceptors (Lipinski definition) is 4. The third-order valence-corrected chi connectivity index (χ3v) is 1.66. The lowest BCUT2D eigenvalue weighted by molar-refractivity contribution is 0.279. The van der Waals surface area contributed by atoms with Gasteiger partial charge in [0.25, 0.3) is 0 Å². The first kappa shape index (κ1) is 8.96. The fourth-order valence-corrected chi connectivity index (χ4v) is 0.946. The number of aliphatic hydroxyl groups is 1. The van der Waals surface area contributed by atoms with Gasteiger partial charge in [0.2, 0.25) is 5.88 Å². The average molecular weight is 168 g/mol. The molecule has 1 heterocycles. The van der Waals surface area contributed by atoms with E-state index in [0.717, 1.165) is 11.1 Å². The highest BCUT2D eigenvalue weighted by Gasteiger charge is 2.02. The van der Waals surface area contributed by atoms with Gasteiger partial charge in [0.15, 0.2) is 0 Å². The molecule has 4 nitrogen and oxygen atoms in total. The molecule has 0 radical (unpaired) electrons. The minimum Gasteiger partial charge on any atom is -0.481 e. The molecule has 66 valence electrons. The van der Waals surface area contributed by atoms with Crippen LogP contribution < -0.4 is 10.5 Å². The second-order valence-electron chi connectivity index (χ2n) is 2.36. The van der Waals surface area contributed by atoms with E-state index in [9.17, 15) is 0 Å². The number of nitrogens with zero attached hydrogens (tertiary/aromatic N) is 1. The molecule has 1 aromatic rings. The smallest absolute Gasteiger partial charge is 0.213 e. The van der Waals surface area contributed by atoms with E-state index < -0.39 is 0 Å². The number of pyridine rings is 1. The molecule has 12 heavy (non-hydrogen) atoms. The first-order chi connectivity index (χ1) is 5.81. The van der Waals surface area contributed by atoms with Gasteiger partial charge in [0.1, 0.15) is 0 Å². The molecule has 0 bridgehead atoms. The highest BCUT2D eigenvalue weighted by atomic mass is 16.5. The summed E-state index contributed by atoms with van der Waals surface area (Å²) >= 11 is 0. The minimum absolute atomic E-state index is 0.0363. The van der Waals surface area contributed by atoms with Crippen LogP contribution in [0.15, 0.2) is 12.3 Å². The molecule has 0 aliphatic rings. The second kappa shape index (κ2) is 4.04. The van der Waals surface area contributed by atoms with Crippen LogP contribution in [-0.4, -0.2) is 17.2 Å². The monoisotopic (exact) mass is 168 g/mol. The Morgan fingerprint density at radius 2 is 2.33 bits per heavy atom. The molecule has 0 saturated heterocycles. The predicted octanol–water partition coefficient (Wildman–Crippen LogP) is 0.0412. The lowest BCUT2D eigenvalue weighted by atomic mass is 10.1. The molecule has 0 spiro atoms. The van der Waals surface area contributed by atoms with Gasteiger partial charge in [-0.2, -0.15) is 0 Å². The third-order valence-electron chi connectivity index (χ3n) is 1.66. The summed E-state index contributed by atoms with van der Waals surface area (Å²) in [5.74, 6) is 0.497. The number of rotatable bonds is 3. The molecular weight excluding hydrogens is 156 g/mol. The second-order valence-corrected chi connectivity index (χ2v) is 2.36. The summed E-state index contributed by atoms with van der Waals surface area (Å²) in [6, 6.07) is 1.68. The summed E-state index contributed by atoms with van der Waals surface area (Å²) in [5, 5.41) is 8.93. The number of aromatic nitrogens is 1. The van der Waals surface area contributed by atoms with Crippen molar-refractivity contribution < 1.29 is 9.84 Å². The van der Waals surface area contributed by atoms with Crippen LogP contribution in [0.4, 0.5) is 0 Å². The average Bonchev–Trinajstić information content (AvgIpc) is 2.16. The summed E-state index contributed by atoms with van der Waals surface area (Å²) in [6.07, 6.45) is 1.62. The van der Waals surface area contributed by atoms with Gasteiger partial charge in [-0.15, -0.1) is 0 Å². The van der Waals surface area contributed by atoms with Crippen LogP contribution in [0.5, 0.6) is 5.88 Å². The van der Waals surface area contributed by atoms with Gasteiger partial charge in [0, 0.05) is 18.8 Å². The van der Waals surface area contributed by atoms with Crippen LogP contribution in [0.25, 0.3) is 0 Å². The number of ether oxygens (including phenoxy) is 1. The van der Waals surface area contributed by atoms with Gasteiger partial charge in [-0.3, -0.25) is 0 Å². The standard InChI is InChI=1S/C8H12N2O2/c1-12-8-2-6(5-11)7(3-9)4-10-8/h2,4,11H,3,5,9H2,1H3. The molecule has 0 aliphatic carbocycles. The largest absolute Gasteiger partial charge is 0.481 e. The lowest BCUT2D eigenvalue weighted by Gasteiger charge is -2.05. The van der Waals surface area contributed by atoms with E-state index in [1.807, 2.05) is 0 Å². The third kappa shape index (κ3) is 1.72. The molecule has 0 atom stereocenters. The molecule has 0 saturated carbocycles. The van der Waals surface area contributed by atoms with Crippen molar-refractivity contribution in [3.63, 3.8) is 0 Å². The van der Waals surface area contributed by atoms with Crippen molar-refractivity contribution in [2.45, 2.75) is 13.2 Å². The Hall–Kier alpha value is -1.13. The van der Waals surface area contributed by atoms with E-state index in [0.29, 0.717) is 12.4 Å². The molecule has 0 aromatic carbocycles. The first-order valence-corrected chi connectivity index (χ1v) is 3.64. The van der Waals surface area contributed by atoms with Gasteiger partial charge >= 0.3 is 0 Å². The Bertz CT molecular complexity index is 263. The van der Waals surface area contributed by atoms with Gasteiger partial charge < -0.3 is 15.6 Å². The topological polar surface area (TPSA) is 68.4 Å². The summed E-state index contributed by atoms with van der Waals surface area (Å²) in [6.45, 7) is 0.346. The predicted molar refractivity (Wildman–Crippen MR) is 44.6 cm³/mol. The van der Waals surface area contributed by atoms with E-state index in [-0.39, 0.29) is 6.61 Å². The Labute approximate surface area is 71.0 Å². The van der Waals surface area contributed by atoms with Gasteiger partial charge in [-0.25, -0.2) is 4.98 Å². The van der Waals surface area contributed by atoms with Crippen molar-refractivity contribution in [1.29, 1.82) is 0 Å². The number of aliphatic hydroxyl groups excluding tert-OH is 1. The van der Waals surface area contributed by atoms with Crippen molar-refractivity contribution in [3.8, 4) is 5.88 Å². The Balaban J connectivity index is 3.02. The molecule has 0 amide bonds. The van der Waals surface area contributed by atoms with Crippen LogP contribution >= 0.6 is 0 Å². The molecular formula is C8H12N2O2. The summed E-state index contributed by atoms with van der Waals surface area (Å²) < 4.78 is 4.89. The van der Waals surface area contributed by atoms with Gasteiger partial charge in [-0.1, -0.05) is 0 Å². The van der Waals surface area contributed by atoms with Crippen LogP contribution in [0.2, 0.25) is 0 Å². The number of methoxy groups -OCH3 is 1. The van der Waals surface area contributed by atoms with Crippen molar-refractivity contribution in [2.75, 3.05) is 7.11 Å². The maximum atomic E-state index is 8.93. The maximum absolute atomic E-state index is 8.93. The quantitative estimate of drug-likeness (QED) is 0.668.